The summed E-state index contributed by atoms with van der Waals surface area (Å²) in [6.45, 7) is 3.91. The maximum atomic E-state index is 12.7. The highest BCUT2D eigenvalue weighted by Gasteiger charge is 2.24. The standard InChI is InChI=1S/C17H22N2O4/c1-11(2)19(9-8-16(21)22)17(23)13-4-6-14-12(10-13)5-7-15(20)18(14)3/h4,6,10-11H,5,7-9H2,1-3H3,(H,21,22). The largest absolute Gasteiger partial charge is 0.481 e. The van der Waals surface area contributed by atoms with Crippen LogP contribution in [-0.4, -0.2) is 47.4 Å². The predicted molar refractivity (Wildman–Crippen MR) is 86.6 cm³/mol. The highest BCUT2D eigenvalue weighted by atomic mass is 16.4. The lowest BCUT2D eigenvalue weighted by Gasteiger charge is -2.28. The molecular formula is C17H22N2O4. The van der Waals surface area contributed by atoms with Gasteiger partial charge in [0.15, 0.2) is 0 Å². The van der Waals surface area contributed by atoms with E-state index >= 15 is 0 Å². The zero-order chi connectivity index (χ0) is 17.1. The molecule has 1 aliphatic rings. The van der Waals surface area contributed by atoms with Gasteiger partial charge < -0.3 is 14.9 Å². The molecule has 2 amide bonds. The van der Waals surface area contributed by atoms with Gasteiger partial charge in [-0.05, 0) is 44.0 Å². The number of aliphatic carboxylic acids is 1. The van der Waals surface area contributed by atoms with Gasteiger partial charge in [0.1, 0.15) is 0 Å². The maximum Gasteiger partial charge on any atom is 0.305 e. The van der Waals surface area contributed by atoms with Gasteiger partial charge >= 0.3 is 5.97 Å². The Bertz CT molecular complexity index is 639. The molecule has 0 fully saturated rings. The van der Waals surface area contributed by atoms with Crippen LogP contribution in [0.1, 0.15) is 42.6 Å². The lowest BCUT2D eigenvalue weighted by atomic mass is 9.98. The first-order chi connectivity index (χ1) is 10.8. The van der Waals surface area contributed by atoms with Gasteiger partial charge in [-0.1, -0.05) is 0 Å². The Morgan fingerprint density at radius 2 is 2.00 bits per heavy atom. The van der Waals surface area contributed by atoms with Crippen LogP contribution < -0.4 is 4.90 Å². The molecule has 23 heavy (non-hydrogen) atoms. The average molecular weight is 318 g/mol. The average Bonchev–Trinajstić information content (AvgIpc) is 2.50. The van der Waals surface area contributed by atoms with Crippen molar-refractivity contribution in [1.82, 2.24) is 4.90 Å². The van der Waals surface area contributed by atoms with Crippen LogP contribution in [0.5, 0.6) is 0 Å². The van der Waals surface area contributed by atoms with Crippen molar-refractivity contribution in [2.45, 2.75) is 39.2 Å². The summed E-state index contributed by atoms with van der Waals surface area (Å²) < 4.78 is 0. The number of hydrogen-bond acceptors (Lipinski definition) is 3. The van der Waals surface area contributed by atoms with Crippen LogP contribution in [0, 0.1) is 0 Å². The fourth-order valence-corrected chi connectivity index (χ4v) is 2.77. The highest BCUT2D eigenvalue weighted by Crippen LogP contribution is 2.28. The van der Waals surface area contributed by atoms with E-state index in [1.807, 2.05) is 19.9 Å². The summed E-state index contributed by atoms with van der Waals surface area (Å²) in [6, 6.07) is 5.22. The van der Waals surface area contributed by atoms with Gasteiger partial charge in [0.25, 0.3) is 5.91 Å². The summed E-state index contributed by atoms with van der Waals surface area (Å²) in [7, 11) is 1.73. The van der Waals surface area contributed by atoms with Crippen molar-refractivity contribution < 1.29 is 19.5 Å². The molecule has 1 N–H and O–H groups in total. The zero-order valence-electron chi connectivity index (χ0n) is 13.7. The highest BCUT2D eigenvalue weighted by molar-refractivity contribution is 5.99. The number of nitrogens with zero attached hydrogens (tertiary/aromatic N) is 2. The molecular weight excluding hydrogens is 296 g/mol. The Hall–Kier alpha value is -2.37. The molecule has 6 heteroatoms. The lowest BCUT2D eigenvalue weighted by Crippen LogP contribution is -2.38. The van der Waals surface area contributed by atoms with Crippen LogP contribution in [0.15, 0.2) is 18.2 Å². The van der Waals surface area contributed by atoms with E-state index in [-0.39, 0.29) is 30.8 Å². The summed E-state index contributed by atoms with van der Waals surface area (Å²) in [5.41, 5.74) is 2.34. The van der Waals surface area contributed by atoms with Crippen molar-refractivity contribution in [2.24, 2.45) is 0 Å². The van der Waals surface area contributed by atoms with Crippen LogP contribution in [0.2, 0.25) is 0 Å². The van der Waals surface area contributed by atoms with Crippen molar-refractivity contribution in [2.75, 3.05) is 18.5 Å². The first kappa shape index (κ1) is 17.0. The summed E-state index contributed by atoms with van der Waals surface area (Å²) in [4.78, 5) is 38.3. The zero-order valence-corrected chi connectivity index (χ0v) is 13.7. The molecule has 1 aliphatic heterocycles. The quantitative estimate of drug-likeness (QED) is 0.899. The summed E-state index contributed by atoms with van der Waals surface area (Å²) in [5.74, 6) is -1.03. The lowest BCUT2D eigenvalue weighted by molar-refractivity contribution is -0.137. The Balaban J connectivity index is 2.25. The Morgan fingerprint density at radius 3 is 2.61 bits per heavy atom. The van der Waals surface area contributed by atoms with E-state index in [4.69, 9.17) is 5.11 Å². The van der Waals surface area contributed by atoms with Crippen molar-refractivity contribution in [1.29, 1.82) is 0 Å². The van der Waals surface area contributed by atoms with E-state index in [0.717, 1.165) is 11.3 Å². The molecule has 0 saturated carbocycles. The molecule has 0 aromatic heterocycles. The molecule has 1 heterocycles. The third kappa shape index (κ3) is 3.70. The first-order valence-electron chi connectivity index (χ1n) is 7.73. The second-order valence-corrected chi connectivity index (χ2v) is 6.03. The molecule has 0 unspecified atom stereocenters. The number of hydrogen-bond donors (Lipinski definition) is 1. The number of anilines is 1. The number of fused-ring (bicyclic) bond motifs is 1. The third-order valence-corrected chi connectivity index (χ3v) is 4.12. The number of amides is 2. The molecule has 0 aliphatic carbocycles. The predicted octanol–water partition coefficient (Wildman–Crippen LogP) is 1.92. The van der Waals surface area contributed by atoms with Gasteiger partial charge in [0.2, 0.25) is 5.91 Å². The molecule has 0 saturated heterocycles. The van der Waals surface area contributed by atoms with E-state index in [0.29, 0.717) is 18.4 Å². The van der Waals surface area contributed by atoms with Gasteiger partial charge in [-0.2, -0.15) is 0 Å². The van der Waals surface area contributed by atoms with E-state index < -0.39 is 5.97 Å². The number of benzene rings is 1. The minimum Gasteiger partial charge on any atom is -0.481 e. The topological polar surface area (TPSA) is 77.9 Å². The van der Waals surface area contributed by atoms with Crippen molar-refractivity contribution >= 4 is 23.5 Å². The number of carbonyl (C=O) groups excluding carboxylic acids is 2. The van der Waals surface area contributed by atoms with Gasteiger partial charge in [-0.25, -0.2) is 0 Å². The monoisotopic (exact) mass is 318 g/mol. The van der Waals surface area contributed by atoms with Gasteiger partial charge in [0, 0.05) is 37.3 Å². The molecule has 0 atom stereocenters. The molecule has 0 bridgehead atoms. The molecule has 0 radical (unpaired) electrons. The van der Waals surface area contributed by atoms with Crippen LogP contribution in [-0.2, 0) is 16.0 Å². The third-order valence-electron chi connectivity index (χ3n) is 4.12. The fourth-order valence-electron chi connectivity index (χ4n) is 2.77. The number of rotatable bonds is 5. The van der Waals surface area contributed by atoms with E-state index in [1.165, 1.54) is 0 Å². The minimum absolute atomic E-state index is 0.0711. The molecule has 124 valence electrons. The Kier molecular flexibility index (Phi) is 5.03. The molecule has 1 aromatic carbocycles. The van der Waals surface area contributed by atoms with Crippen molar-refractivity contribution in [3.05, 3.63) is 29.3 Å². The minimum atomic E-state index is -0.922. The number of carboxylic acids is 1. The molecule has 0 spiro atoms. The van der Waals surface area contributed by atoms with E-state index in [9.17, 15) is 14.4 Å². The summed E-state index contributed by atoms with van der Waals surface area (Å²) in [5, 5.41) is 8.83. The smallest absolute Gasteiger partial charge is 0.305 e. The van der Waals surface area contributed by atoms with Crippen molar-refractivity contribution in [3.8, 4) is 0 Å². The number of carbonyl (C=O) groups is 3. The molecule has 1 aromatic rings. The first-order valence-corrected chi connectivity index (χ1v) is 7.73. The molecule has 6 nitrogen and oxygen atoms in total. The number of carboxylic acid groups (broad SMARTS) is 1. The van der Waals surface area contributed by atoms with Gasteiger partial charge in [-0.15, -0.1) is 0 Å². The van der Waals surface area contributed by atoms with Gasteiger partial charge in [0.05, 0.1) is 6.42 Å². The van der Waals surface area contributed by atoms with Gasteiger partial charge in [-0.3, -0.25) is 14.4 Å². The summed E-state index contributed by atoms with van der Waals surface area (Å²) >= 11 is 0. The fraction of sp³-hybridized carbons (Fsp3) is 0.471. The number of aryl methyl sites for hydroxylation is 1. The Morgan fingerprint density at radius 1 is 1.30 bits per heavy atom. The maximum absolute atomic E-state index is 12.7. The van der Waals surface area contributed by atoms with E-state index in [2.05, 4.69) is 0 Å². The van der Waals surface area contributed by atoms with E-state index in [1.54, 1.807) is 29.0 Å². The molecule has 2 rings (SSSR count). The summed E-state index contributed by atoms with van der Waals surface area (Å²) in [6.07, 6.45) is 0.983. The second-order valence-electron chi connectivity index (χ2n) is 6.03. The van der Waals surface area contributed by atoms with Crippen molar-refractivity contribution in [3.63, 3.8) is 0 Å². The SMILES string of the molecule is CC(C)N(CCC(=O)O)C(=O)c1ccc2c(c1)CCC(=O)N2C. The Labute approximate surface area is 135 Å². The van der Waals surface area contributed by atoms with Crippen LogP contribution >= 0.6 is 0 Å². The normalized spacial score (nSPS) is 13.9. The second kappa shape index (κ2) is 6.81. The van der Waals surface area contributed by atoms with Crippen LogP contribution in [0.25, 0.3) is 0 Å². The van der Waals surface area contributed by atoms with Crippen LogP contribution in [0.4, 0.5) is 5.69 Å². The van der Waals surface area contributed by atoms with Crippen LogP contribution in [0.3, 0.4) is 0 Å².